The van der Waals surface area contributed by atoms with Crippen molar-refractivity contribution >= 4 is 0 Å². The van der Waals surface area contributed by atoms with Gasteiger partial charge < -0.3 is 10.2 Å². The number of benzene rings is 1. The quantitative estimate of drug-likeness (QED) is 0.829. The summed E-state index contributed by atoms with van der Waals surface area (Å²) in [5, 5.41) is 3.19. The molecule has 1 heterocycles. The van der Waals surface area contributed by atoms with E-state index in [1.54, 1.807) is 0 Å². The number of piperidine rings is 1. The molecule has 0 amide bonds. The average Bonchev–Trinajstić information content (AvgIpc) is 2.45. The van der Waals surface area contributed by atoms with Crippen molar-refractivity contribution in [2.45, 2.75) is 32.1 Å². The van der Waals surface area contributed by atoms with Crippen LogP contribution in [0.1, 0.15) is 30.4 Å². The molecule has 100 valence electrons. The standard InChI is InChI=1S/C16H26N2/c1-17-11-9-15-5-7-16(8-6-15)10-14-18-12-3-2-4-13-18/h5-8,17H,2-4,9-14H2,1H3. The van der Waals surface area contributed by atoms with Gasteiger partial charge in [-0.1, -0.05) is 30.7 Å². The van der Waals surface area contributed by atoms with Crippen molar-refractivity contribution in [3.63, 3.8) is 0 Å². The molecule has 1 saturated heterocycles. The van der Waals surface area contributed by atoms with E-state index < -0.39 is 0 Å². The lowest BCUT2D eigenvalue weighted by molar-refractivity contribution is 0.231. The Kier molecular flexibility index (Phi) is 5.69. The number of likely N-dealkylation sites (N-methyl/N-ethyl adjacent to an activating group) is 1. The molecule has 1 aliphatic heterocycles. The number of likely N-dealkylation sites (tertiary alicyclic amines) is 1. The van der Waals surface area contributed by atoms with Gasteiger partial charge in [-0.25, -0.2) is 0 Å². The van der Waals surface area contributed by atoms with Crippen LogP contribution in [0.5, 0.6) is 0 Å². The van der Waals surface area contributed by atoms with E-state index in [1.165, 1.54) is 56.4 Å². The number of hydrogen-bond acceptors (Lipinski definition) is 2. The predicted octanol–water partition coefficient (Wildman–Crippen LogP) is 2.48. The summed E-state index contributed by atoms with van der Waals surface area (Å²) < 4.78 is 0. The SMILES string of the molecule is CNCCc1ccc(CCN2CCCCC2)cc1. The highest BCUT2D eigenvalue weighted by atomic mass is 15.1. The molecule has 0 atom stereocenters. The third-order valence-electron chi connectivity index (χ3n) is 3.85. The maximum absolute atomic E-state index is 3.19. The second-order valence-electron chi connectivity index (χ2n) is 5.32. The summed E-state index contributed by atoms with van der Waals surface area (Å²) in [6.45, 7) is 4.91. The van der Waals surface area contributed by atoms with Crippen LogP contribution in [0.2, 0.25) is 0 Å². The van der Waals surface area contributed by atoms with Crippen LogP contribution in [0.25, 0.3) is 0 Å². The second kappa shape index (κ2) is 7.55. The minimum Gasteiger partial charge on any atom is -0.319 e. The fraction of sp³-hybridized carbons (Fsp3) is 0.625. The summed E-state index contributed by atoms with van der Waals surface area (Å²) in [6, 6.07) is 9.16. The Hall–Kier alpha value is -0.860. The van der Waals surface area contributed by atoms with Crippen LogP contribution in [0, 0.1) is 0 Å². The van der Waals surface area contributed by atoms with Gasteiger partial charge in [-0.05, 0) is 63.5 Å². The Balaban J connectivity index is 1.75. The molecule has 0 unspecified atom stereocenters. The highest BCUT2D eigenvalue weighted by Crippen LogP contribution is 2.11. The van der Waals surface area contributed by atoms with Crippen LogP contribution in [0.4, 0.5) is 0 Å². The number of nitrogens with zero attached hydrogens (tertiary/aromatic N) is 1. The van der Waals surface area contributed by atoms with E-state index in [2.05, 4.69) is 34.5 Å². The smallest absolute Gasteiger partial charge is 0.00218 e. The molecule has 0 radical (unpaired) electrons. The van der Waals surface area contributed by atoms with Gasteiger partial charge in [0.15, 0.2) is 0 Å². The van der Waals surface area contributed by atoms with Gasteiger partial charge in [0.1, 0.15) is 0 Å². The molecule has 2 rings (SSSR count). The first-order chi connectivity index (χ1) is 8.88. The summed E-state index contributed by atoms with van der Waals surface area (Å²) in [6.07, 6.45) is 6.54. The highest BCUT2D eigenvalue weighted by Gasteiger charge is 2.09. The first-order valence-corrected chi connectivity index (χ1v) is 7.33. The van der Waals surface area contributed by atoms with Crippen molar-refractivity contribution in [1.82, 2.24) is 10.2 Å². The number of hydrogen-bond donors (Lipinski definition) is 1. The summed E-state index contributed by atoms with van der Waals surface area (Å²) in [5.74, 6) is 0. The Morgan fingerprint density at radius 3 is 2.17 bits per heavy atom. The third kappa shape index (κ3) is 4.43. The van der Waals surface area contributed by atoms with E-state index in [9.17, 15) is 0 Å². The van der Waals surface area contributed by atoms with Gasteiger partial charge in [-0.15, -0.1) is 0 Å². The molecule has 0 bridgehead atoms. The van der Waals surface area contributed by atoms with Gasteiger partial charge in [-0.2, -0.15) is 0 Å². The zero-order chi connectivity index (χ0) is 12.6. The summed E-state index contributed by atoms with van der Waals surface area (Å²) in [4.78, 5) is 2.61. The lowest BCUT2D eigenvalue weighted by atomic mass is 10.1. The molecule has 2 nitrogen and oxygen atoms in total. The molecule has 1 aliphatic rings. The van der Waals surface area contributed by atoms with E-state index in [0.717, 1.165) is 13.0 Å². The topological polar surface area (TPSA) is 15.3 Å². The summed E-state index contributed by atoms with van der Waals surface area (Å²) in [5.41, 5.74) is 2.92. The molecular weight excluding hydrogens is 220 g/mol. The van der Waals surface area contributed by atoms with E-state index >= 15 is 0 Å². The Morgan fingerprint density at radius 2 is 1.56 bits per heavy atom. The average molecular weight is 246 g/mol. The van der Waals surface area contributed by atoms with Gasteiger partial charge >= 0.3 is 0 Å². The fourth-order valence-electron chi connectivity index (χ4n) is 2.61. The maximum Gasteiger partial charge on any atom is 0.00218 e. The highest BCUT2D eigenvalue weighted by molar-refractivity contribution is 5.23. The predicted molar refractivity (Wildman–Crippen MR) is 78.1 cm³/mol. The van der Waals surface area contributed by atoms with Crippen LogP contribution in [0.15, 0.2) is 24.3 Å². The van der Waals surface area contributed by atoms with Gasteiger partial charge in [0.25, 0.3) is 0 Å². The molecule has 1 N–H and O–H groups in total. The molecule has 18 heavy (non-hydrogen) atoms. The summed E-state index contributed by atoms with van der Waals surface area (Å²) in [7, 11) is 2.01. The molecule has 0 spiro atoms. The van der Waals surface area contributed by atoms with Gasteiger partial charge in [0.05, 0.1) is 0 Å². The van der Waals surface area contributed by atoms with Crippen LogP contribution < -0.4 is 5.32 Å². The largest absolute Gasteiger partial charge is 0.319 e. The van der Waals surface area contributed by atoms with Crippen LogP contribution in [0.3, 0.4) is 0 Å². The molecule has 0 aliphatic carbocycles. The lowest BCUT2D eigenvalue weighted by Crippen LogP contribution is -2.31. The van der Waals surface area contributed by atoms with Crippen LogP contribution >= 0.6 is 0 Å². The molecule has 1 aromatic carbocycles. The van der Waals surface area contributed by atoms with Crippen molar-refractivity contribution in [2.75, 3.05) is 33.2 Å². The molecule has 0 aromatic heterocycles. The lowest BCUT2D eigenvalue weighted by Gasteiger charge is -2.26. The molecule has 1 fully saturated rings. The van der Waals surface area contributed by atoms with Gasteiger partial charge in [0, 0.05) is 6.54 Å². The monoisotopic (exact) mass is 246 g/mol. The molecule has 0 saturated carbocycles. The normalized spacial score (nSPS) is 16.9. The van der Waals surface area contributed by atoms with Crippen molar-refractivity contribution in [1.29, 1.82) is 0 Å². The molecular formula is C16H26N2. The van der Waals surface area contributed by atoms with Gasteiger partial charge in [-0.3, -0.25) is 0 Å². The fourth-order valence-corrected chi connectivity index (χ4v) is 2.61. The van der Waals surface area contributed by atoms with Crippen LogP contribution in [-0.4, -0.2) is 38.1 Å². The number of nitrogens with one attached hydrogen (secondary N) is 1. The first kappa shape index (κ1) is 13.6. The van der Waals surface area contributed by atoms with Crippen LogP contribution in [-0.2, 0) is 12.8 Å². The van der Waals surface area contributed by atoms with Crippen molar-refractivity contribution < 1.29 is 0 Å². The minimum atomic E-state index is 1.06. The number of rotatable bonds is 6. The maximum atomic E-state index is 3.19. The van der Waals surface area contributed by atoms with E-state index in [-0.39, 0.29) is 0 Å². The van der Waals surface area contributed by atoms with E-state index in [0.29, 0.717) is 0 Å². The molecule has 2 heteroatoms. The summed E-state index contributed by atoms with van der Waals surface area (Å²) >= 11 is 0. The van der Waals surface area contributed by atoms with E-state index in [1.807, 2.05) is 7.05 Å². The third-order valence-corrected chi connectivity index (χ3v) is 3.85. The zero-order valence-corrected chi connectivity index (χ0v) is 11.6. The van der Waals surface area contributed by atoms with Crippen molar-refractivity contribution in [3.8, 4) is 0 Å². The van der Waals surface area contributed by atoms with Crippen molar-refractivity contribution in [3.05, 3.63) is 35.4 Å². The molecule has 1 aromatic rings. The Bertz CT molecular complexity index is 325. The second-order valence-corrected chi connectivity index (χ2v) is 5.32. The Morgan fingerprint density at radius 1 is 0.944 bits per heavy atom. The Labute approximate surface area is 111 Å². The zero-order valence-electron chi connectivity index (χ0n) is 11.6. The van der Waals surface area contributed by atoms with Crippen molar-refractivity contribution in [2.24, 2.45) is 0 Å². The minimum absolute atomic E-state index is 1.06. The van der Waals surface area contributed by atoms with E-state index in [4.69, 9.17) is 0 Å². The first-order valence-electron chi connectivity index (χ1n) is 7.33. The van der Waals surface area contributed by atoms with Gasteiger partial charge in [0.2, 0.25) is 0 Å².